The maximum Gasteiger partial charge on any atom is 0.416 e. The van der Waals surface area contributed by atoms with Crippen LogP contribution in [0.3, 0.4) is 0 Å². The third-order valence-electron chi connectivity index (χ3n) is 2.70. The van der Waals surface area contributed by atoms with Crippen LogP contribution in [0.4, 0.5) is 13.2 Å². The molecule has 1 atom stereocenters. The molecule has 106 valence electrons. The molecule has 2 rings (SSSR count). The van der Waals surface area contributed by atoms with Crippen molar-refractivity contribution < 1.29 is 18.3 Å². The summed E-state index contributed by atoms with van der Waals surface area (Å²) in [7, 11) is 0. The Labute approximate surface area is 126 Å². The lowest BCUT2D eigenvalue weighted by Crippen LogP contribution is -2.13. The van der Waals surface area contributed by atoms with Gasteiger partial charge in [-0.15, -0.1) is 0 Å². The second-order valence-electron chi connectivity index (χ2n) is 4.03. The van der Waals surface area contributed by atoms with E-state index in [1.54, 1.807) is 6.07 Å². The predicted octanol–water partition coefficient (Wildman–Crippen LogP) is 4.60. The van der Waals surface area contributed by atoms with E-state index in [-0.39, 0.29) is 16.1 Å². The Morgan fingerprint density at radius 2 is 1.90 bits per heavy atom. The lowest BCUT2D eigenvalue weighted by molar-refractivity contribution is -0.139. The third-order valence-corrected chi connectivity index (χ3v) is 3.54. The van der Waals surface area contributed by atoms with Crippen LogP contribution in [-0.2, 0) is 6.18 Å². The van der Waals surface area contributed by atoms with Crippen molar-refractivity contribution in [3.05, 3.63) is 62.8 Å². The van der Waals surface area contributed by atoms with E-state index in [2.05, 4.69) is 20.9 Å². The van der Waals surface area contributed by atoms with E-state index in [0.29, 0.717) is 4.47 Å². The van der Waals surface area contributed by atoms with Gasteiger partial charge in [0.25, 0.3) is 0 Å². The number of hydrogen-bond donors (Lipinski definition) is 1. The Morgan fingerprint density at radius 1 is 1.20 bits per heavy atom. The van der Waals surface area contributed by atoms with Crippen LogP contribution in [0.2, 0.25) is 5.02 Å². The lowest BCUT2D eigenvalue weighted by atomic mass is 9.98. The van der Waals surface area contributed by atoms with Gasteiger partial charge in [-0.2, -0.15) is 13.2 Å². The molecule has 0 aliphatic carbocycles. The van der Waals surface area contributed by atoms with Crippen molar-refractivity contribution in [3.63, 3.8) is 0 Å². The number of nitrogens with zero attached hydrogens (tertiary/aromatic N) is 1. The molecule has 7 heteroatoms. The van der Waals surface area contributed by atoms with Crippen molar-refractivity contribution in [2.45, 2.75) is 12.3 Å². The minimum Gasteiger partial charge on any atom is -0.384 e. The molecule has 1 N–H and O–H groups in total. The molecule has 1 unspecified atom stereocenters. The number of halogens is 5. The van der Waals surface area contributed by atoms with Gasteiger partial charge in [0.05, 0.1) is 5.56 Å². The number of benzene rings is 1. The van der Waals surface area contributed by atoms with Crippen LogP contribution in [0.15, 0.2) is 41.1 Å². The minimum atomic E-state index is -4.57. The second kappa shape index (κ2) is 5.71. The van der Waals surface area contributed by atoms with Crippen molar-refractivity contribution in [1.29, 1.82) is 0 Å². The molecule has 1 heterocycles. The first-order valence-corrected chi connectivity index (χ1v) is 6.62. The Hall–Kier alpha value is -1.11. The SMILES string of the molecule is OC(c1cc(Br)ccc1Cl)c1cnccc1C(F)(F)F. The second-order valence-corrected chi connectivity index (χ2v) is 5.35. The molecule has 2 aromatic rings. The Morgan fingerprint density at radius 3 is 2.55 bits per heavy atom. The van der Waals surface area contributed by atoms with Crippen LogP contribution < -0.4 is 0 Å². The summed E-state index contributed by atoms with van der Waals surface area (Å²) in [5.74, 6) is 0. The molecule has 0 fully saturated rings. The maximum absolute atomic E-state index is 12.9. The summed E-state index contributed by atoms with van der Waals surface area (Å²) in [6, 6.07) is 5.42. The third kappa shape index (κ3) is 3.13. The lowest BCUT2D eigenvalue weighted by Gasteiger charge is -2.18. The monoisotopic (exact) mass is 365 g/mol. The van der Waals surface area contributed by atoms with Crippen LogP contribution in [0.1, 0.15) is 22.8 Å². The smallest absolute Gasteiger partial charge is 0.384 e. The van der Waals surface area contributed by atoms with Gasteiger partial charge in [0.2, 0.25) is 0 Å². The zero-order chi connectivity index (χ0) is 14.9. The highest BCUT2D eigenvalue weighted by molar-refractivity contribution is 9.10. The van der Waals surface area contributed by atoms with Crippen LogP contribution in [-0.4, -0.2) is 10.1 Å². The van der Waals surface area contributed by atoms with Gasteiger partial charge in [-0.1, -0.05) is 27.5 Å². The zero-order valence-electron chi connectivity index (χ0n) is 9.83. The van der Waals surface area contributed by atoms with E-state index < -0.39 is 17.8 Å². The van der Waals surface area contributed by atoms with Crippen LogP contribution in [0, 0.1) is 0 Å². The summed E-state index contributed by atoms with van der Waals surface area (Å²) in [5.41, 5.74) is -1.09. The fraction of sp³-hybridized carbons (Fsp3) is 0.154. The van der Waals surface area contributed by atoms with Gasteiger partial charge in [0.15, 0.2) is 0 Å². The number of hydrogen-bond acceptors (Lipinski definition) is 2. The summed E-state index contributed by atoms with van der Waals surface area (Å²) in [6.07, 6.45) is -4.06. The van der Waals surface area contributed by atoms with E-state index in [9.17, 15) is 18.3 Å². The standard InChI is InChI=1S/C13H8BrClF3NO/c14-7-1-2-11(15)8(5-7)12(20)9-6-19-4-3-10(9)13(16,17)18/h1-6,12,20H. The van der Waals surface area contributed by atoms with Gasteiger partial charge < -0.3 is 5.11 Å². The van der Waals surface area contributed by atoms with E-state index in [1.165, 1.54) is 12.1 Å². The van der Waals surface area contributed by atoms with Crippen LogP contribution in [0.5, 0.6) is 0 Å². The maximum atomic E-state index is 12.9. The number of aromatic nitrogens is 1. The molecule has 0 saturated carbocycles. The van der Waals surface area contributed by atoms with Gasteiger partial charge in [-0.25, -0.2) is 0 Å². The molecule has 0 amide bonds. The molecule has 0 spiro atoms. The number of pyridine rings is 1. The Kier molecular flexibility index (Phi) is 4.36. The normalized spacial score (nSPS) is 13.3. The number of aliphatic hydroxyl groups excluding tert-OH is 1. The fourth-order valence-corrected chi connectivity index (χ4v) is 2.37. The molecule has 0 aliphatic heterocycles. The van der Waals surface area contributed by atoms with Crippen molar-refractivity contribution in [2.75, 3.05) is 0 Å². The van der Waals surface area contributed by atoms with Gasteiger partial charge in [-0.05, 0) is 24.3 Å². The van der Waals surface area contributed by atoms with Crippen molar-refractivity contribution in [2.24, 2.45) is 0 Å². The van der Waals surface area contributed by atoms with Crippen LogP contribution >= 0.6 is 27.5 Å². The topological polar surface area (TPSA) is 33.1 Å². The predicted molar refractivity (Wildman–Crippen MR) is 72.5 cm³/mol. The first-order valence-electron chi connectivity index (χ1n) is 5.45. The van der Waals surface area contributed by atoms with Crippen molar-refractivity contribution in [3.8, 4) is 0 Å². The largest absolute Gasteiger partial charge is 0.416 e. The highest BCUT2D eigenvalue weighted by atomic mass is 79.9. The van der Waals surface area contributed by atoms with Gasteiger partial charge in [0, 0.05) is 33.0 Å². The van der Waals surface area contributed by atoms with E-state index >= 15 is 0 Å². The molecular weight excluding hydrogens is 359 g/mol. The molecule has 0 radical (unpaired) electrons. The summed E-state index contributed by atoms with van der Waals surface area (Å²) < 4.78 is 39.4. The molecular formula is C13H8BrClF3NO. The van der Waals surface area contributed by atoms with Crippen molar-refractivity contribution in [1.82, 2.24) is 4.98 Å². The summed E-state index contributed by atoms with van der Waals surface area (Å²) in [5, 5.41) is 10.4. The van der Waals surface area contributed by atoms with E-state index in [1.807, 2.05) is 0 Å². The average Bonchev–Trinajstić information content (AvgIpc) is 2.40. The summed E-state index contributed by atoms with van der Waals surface area (Å²) in [6.45, 7) is 0. The Balaban J connectivity index is 2.54. The van der Waals surface area contributed by atoms with Gasteiger partial charge in [0.1, 0.15) is 6.10 Å². The Bertz CT molecular complexity index is 633. The molecule has 20 heavy (non-hydrogen) atoms. The highest BCUT2D eigenvalue weighted by Crippen LogP contribution is 2.38. The number of alkyl halides is 3. The van der Waals surface area contributed by atoms with Crippen molar-refractivity contribution >= 4 is 27.5 Å². The first-order chi connectivity index (χ1) is 9.30. The quantitative estimate of drug-likeness (QED) is 0.843. The van der Waals surface area contributed by atoms with E-state index in [4.69, 9.17) is 11.6 Å². The number of aliphatic hydroxyl groups is 1. The van der Waals surface area contributed by atoms with Gasteiger partial charge >= 0.3 is 6.18 Å². The highest BCUT2D eigenvalue weighted by Gasteiger charge is 2.35. The summed E-state index contributed by atoms with van der Waals surface area (Å²) in [4.78, 5) is 3.64. The average molecular weight is 367 g/mol. The first kappa shape index (κ1) is 15.3. The zero-order valence-corrected chi connectivity index (χ0v) is 12.2. The molecule has 2 nitrogen and oxygen atoms in total. The fourth-order valence-electron chi connectivity index (χ4n) is 1.77. The van der Waals surface area contributed by atoms with E-state index in [0.717, 1.165) is 18.5 Å². The molecule has 1 aromatic carbocycles. The molecule has 0 bridgehead atoms. The molecule has 0 aliphatic rings. The molecule has 1 aromatic heterocycles. The van der Waals surface area contributed by atoms with Crippen LogP contribution in [0.25, 0.3) is 0 Å². The van der Waals surface area contributed by atoms with Gasteiger partial charge in [-0.3, -0.25) is 4.98 Å². The molecule has 0 saturated heterocycles. The minimum absolute atomic E-state index is 0.178. The number of rotatable bonds is 2. The summed E-state index contributed by atoms with van der Waals surface area (Å²) >= 11 is 9.11.